The number of aromatic nitrogens is 2. The van der Waals surface area contributed by atoms with Crippen molar-refractivity contribution in [2.75, 3.05) is 38.2 Å². The van der Waals surface area contributed by atoms with E-state index in [4.69, 9.17) is 4.74 Å². The van der Waals surface area contributed by atoms with Crippen LogP contribution in [0.1, 0.15) is 12.8 Å². The van der Waals surface area contributed by atoms with E-state index in [0.29, 0.717) is 19.2 Å². The van der Waals surface area contributed by atoms with Gasteiger partial charge in [-0.05, 0) is 44.2 Å². The van der Waals surface area contributed by atoms with Gasteiger partial charge in [-0.25, -0.2) is 0 Å². The predicted octanol–water partition coefficient (Wildman–Crippen LogP) is 1.82. The minimum absolute atomic E-state index is 0.301. The lowest BCUT2D eigenvalue weighted by molar-refractivity contribution is 0.0603. The van der Waals surface area contributed by atoms with Crippen molar-refractivity contribution in [1.82, 2.24) is 15.1 Å². The fraction of sp³-hybridized carbons (Fsp3) is 0.474. The Labute approximate surface area is 149 Å². The highest BCUT2D eigenvalue weighted by molar-refractivity contribution is 5.37. The number of ether oxygens (including phenoxy) is 1. The van der Waals surface area contributed by atoms with Crippen LogP contribution in [0.25, 0.3) is 0 Å². The molecule has 6 heteroatoms. The Bertz CT molecular complexity index is 626. The van der Waals surface area contributed by atoms with Crippen molar-refractivity contribution in [2.45, 2.75) is 25.0 Å². The maximum atomic E-state index is 10.3. The van der Waals surface area contributed by atoms with Crippen LogP contribution in [0, 0.1) is 0 Å². The number of anilines is 1. The van der Waals surface area contributed by atoms with E-state index in [9.17, 15) is 5.11 Å². The quantitative estimate of drug-likeness (QED) is 0.828. The molecule has 2 heterocycles. The van der Waals surface area contributed by atoms with Crippen molar-refractivity contribution in [2.24, 2.45) is 0 Å². The van der Waals surface area contributed by atoms with Gasteiger partial charge in [-0.1, -0.05) is 18.2 Å². The zero-order valence-electron chi connectivity index (χ0n) is 14.7. The van der Waals surface area contributed by atoms with Gasteiger partial charge in [-0.15, -0.1) is 5.10 Å². The Morgan fingerprint density at radius 1 is 1.28 bits per heavy atom. The summed E-state index contributed by atoms with van der Waals surface area (Å²) in [5.41, 5.74) is 0. The topological polar surface area (TPSA) is 61.7 Å². The minimum atomic E-state index is -0.517. The molecule has 0 radical (unpaired) electrons. The number of benzene rings is 1. The summed E-state index contributed by atoms with van der Waals surface area (Å²) < 4.78 is 5.64. The Hall–Kier alpha value is -2.18. The zero-order chi connectivity index (χ0) is 17.5. The molecule has 0 spiro atoms. The Morgan fingerprint density at radius 2 is 2.12 bits per heavy atom. The molecular formula is C19H26N4O2. The summed E-state index contributed by atoms with van der Waals surface area (Å²) in [6, 6.07) is 13.9. The first-order valence-electron chi connectivity index (χ1n) is 8.81. The third kappa shape index (κ3) is 5.14. The zero-order valence-corrected chi connectivity index (χ0v) is 14.7. The first-order chi connectivity index (χ1) is 12.2. The van der Waals surface area contributed by atoms with Gasteiger partial charge in [0, 0.05) is 31.9 Å². The number of piperidine rings is 1. The van der Waals surface area contributed by atoms with Gasteiger partial charge >= 0.3 is 0 Å². The van der Waals surface area contributed by atoms with Crippen LogP contribution in [0.3, 0.4) is 0 Å². The van der Waals surface area contributed by atoms with Gasteiger partial charge in [0.1, 0.15) is 18.5 Å². The standard InChI is InChI=1S/C19H26N4O2/c1-22(14-17(24)15-25-18-8-3-2-4-9-18)16-7-6-12-23(13-16)19-10-5-11-20-21-19/h2-5,8-11,16-17,24H,6-7,12-15H2,1H3/t16-,17+/m0/s1. The summed E-state index contributed by atoms with van der Waals surface area (Å²) >= 11 is 0. The van der Waals surface area contributed by atoms with Crippen molar-refractivity contribution < 1.29 is 9.84 Å². The molecule has 3 rings (SSSR count). The molecule has 1 saturated heterocycles. The van der Waals surface area contributed by atoms with E-state index in [-0.39, 0.29) is 0 Å². The summed E-state index contributed by atoms with van der Waals surface area (Å²) in [6.07, 6.45) is 3.42. The van der Waals surface area contributed by atoms with Gasteiger partial charge in [-0.3, -0.25) is 4.90 Å². The lowest BCUT2D eigenvalue weighted by atomic mass is 10.0. The minimum Gasteiger partial charge on any atom is -0.491 e. The second kappa shape index (κ2) is 8.78. The maximum absolute atomic E-state index is 10.3. The highest BCUT2D eigenvalue weighted by Crippen LogP contribution is 2.20. The van der Waals surface area contributed by atoms with Gasteiger partial charge in [-0.2, -0.15) is 5.10 Å². The normalized spacial score (nSPS) is 19.0. The molecule has 1 N–H and O–H groups in total. The number of aliphatic hydroxyl groups excluding tert-OH is 1. The number of rotatable bonds is 7. The van der Waals surface area contributed by atoms with Crippen LogP contribution in [0.5, 0.6) is 5.75 Å². The van der Waals surface area contributed by atoms with E-state index in [2.05, 4.69) is 27.0 Å². The summed E-state index contributed by atoms with van der Waals surface area (Å²) in [7, 11) is 2.07. The second-order valence-electron chi connectivity index (χ2n) is 6.54. The Balaban J connectivity index is 1.47. The Morgan fingerprint density at radius 3 is 2.88 bits per heavy atom. The van der Waals surface area contributed by atoms with E-state index >= 15 is 0 Å². The van der Waals surface area contributed by atoms with Crippen LogP contribution in [0.4, 0.5) is 5.82 Å². The molecule has 0 unspecified atom stereocenters. The van der Waals surface area contributed by atoms with E-state index < -0.39 is 6.10 Å². The molecule has 1 aromatic carbocycles. The number of likely N-dealkylation sites (N-methyl/N-ethyl adjacent to an activating group) is 1. The fourth-order valence-electron chi connectivity index (χ4n) is 3.23. The highest BCUT2D eigenvalue weighted by atomic mass is 16.5. The van der Waals surface area contributed by atoms with Crippen molar-refractivity contribution >= 4 is 5.82 Å². The van der Waals surface area contributed by atoms with Gasteiger partial charge in [0.15, 0.2) is 5.82 Å². The molecule has 0 saturated carbocycles. The van der Waals surface area contributed by atoms with Crippen LogP contribution in [0.2, 0.25) is 0 Å². The molecule has 134 valence electrons. The number of para-hydroxylation sites is 1. The van der Waals surface area contributed by atoms with E-state index in [1.165, 1.54) is 0 Å². The van der Waals surface area contributed by atoms with Gasteiger partial charge in [0.25, 0.3) is 0 Å². The molecule has 1 aliphatic heterocycles. The second-order valence-corrected chi connectivity index (χ2v) is 6.54. The number of hydrogen-bond acceptors (Lipinski definition) is 6. The fourth-order valence-corrected chi connectivity index (χ4v) is 3.23. The lowest BCUT2D eigenvalue weighted by Gasteiger charge is -2.38. The first kappa shape index (κ1) is 17.6. The highest BCUT2D eigenvalue weighted by Gasteiger charge is 2.25. The third-order valence-electron chi connectivity index (χ3n) is 4.59. The molecule has 2 atom stereocenters. The predicted molar refractivity (Wildman–Crippen MR) is 97.8 cm³/mol. The third-order valence-corrected chi connectivity index (χ3v) is 4.59. The molecule has 1 aliphatic rings. The summed E-state index contributed by atoms with van der Waals surface area (Å²) in [5, 5.41) is 18.5. The molecule has 1 fully saturated rings. The van der Waals surface area contributed by atoms with Crippen LogP contribution >= 0.6 is 0 Å². The first-order valence-corrected chi connectivity index (χ1v) is 8.81. The molecular weight excluding hydrogens is 316 g/mol. The summed E-state index contributed by atoms with van der Waals surface area (Å²) in [4.78, 5) is 4.49. The molecule has 2 aromatic rings. The molecule has 0 amide bonds. The molecule has 25 heavy (non-hydrogen) atoms. The summed E-state index contributed by atoms with van der Waals surface area (Å²) in [5.74, 6) is 1.71. The number of aliphatic hydroxyl groups is 1. The number of nitrogens with zero attached hydrogens (tertiary/aromatic N) is 4. The maximum Gasteiger partial charge on any atom is 0.151 e. The number of hydrogen-bond donors (Lipinski definition) is 1. The van der Waals surface area contributed by atoms with Crippen LogP contribution < -0.4 is 9.64 Å². The summed E-state index contributed by atoms with van der Waals surface area (Å²) in [6.45, 7) is 2.80. The molecule has 0 aliphatic carbocycles. The lowest BCUT2D eigenvalue weighted by Crippen LogP contribution is -2.49. The van der Waals surface area contributed by atoms with E-state index in [1.54, 1.807) is 6.20 Å². The smallest absolute Gasteiger partial charge is 0.151 e. The van der Waals surface area contributed by atoms with Crippen molar-refractivity contribution in [3.8, 4) is 5.75 Å². The largest absolute Gasteiger partial charge is 0.491 e. The van der Waals surface area contributed by atoms with Crippen LogP contribution in [0.15, 0.2) is 48.7 Å². The van der Waals surface area contributed by atoms with Crippen LogP contribution in [-0.2, 0) is 0 Å². The monoisotopic (exact) mass is 342 g/mol. The van der Waals surface area contributed by atoms with Crippen molar-refractivity contribution in [3.63, 3.8) is 0 Å². The van der Waals surface area contributed by atoms with Crippen molar-refractivity contribution in [1.29, 1.82) is 0 Å². The Kier molecular flexibility index (Phi) is 6.19. The van der Waals surface area contributed by atoms with Gasteiger partial charge < -0.3 is 14.7 Å². The molecule has 0 bridgehead atoms. The van der Waals surface area contributed by atoms with Gasteiger partial charge in [0.05, 0.1) is 0 Å². The van der Waals surface area contributed by atoms with Gasteiger partial charge in [0.2, 0.25) is 0 Å². The average molecular weight is 342 g/mol. The van der Waals surface area contributed by atoms with Crippen molar-refractivity contribution in [3.05, 3.63) is 48.7 Å². The SMILES string of the molecule is CN(C[C@@H](O)COc1ccccc1)[C@H]1CCCN(c2cccnn2)C1. The van der Waals surface area contributed by atoms with Crippen LogP contribution in [-0.4, -0.2) is 65.6 Å². The average Bonchev–Trinajstić information content (AvgIpc) is 2.68. The molecule has 1 aromatic heterocycles. The van der Waals surface area contributed by atoms with E-state index in [0.717, 1.165) is 37.5 Å². The van der Waals surface area contributed by atoms with E-state index in [1.807, 2.05) is 42.5 Å². The molecule has 6 nitrogen and oxygen atoms in total.